The van der Waals surface area contributed by atoms with Gasteiger partial charge in [-0.25, -0.2) is 8.42 Å². The van der Waals surface area contributed by atoms with Gasteiger partial charge in [0.2, 0.25) is 0 Å². The van der Waals surface area contributed by atoms with Crippen molar-refractivity contribution in [3.8, 4) is 0 Å². The van der Waals surface area contributed by atoms with E-state index in [0.29, 0.717) is 13.1 Å². The summed E-state index contributed by atoms with van der Waals surface area (Å²) in [4.78, 5) is 2.35. The molecular formula is C15H32N2O2S. The van der Waals surface area contributed by atoms with Crippen molar-refractivity contribution in [2.24, 2.45) is 5.73 Å². The molecule has 0 radical (unpaired) electrons. The summed E-state index contributed by atoms with van der Waals surface area (Å²) >= 11 is 0. The first-order chi connectivity index (χ1) is 9.18. The summed E-state index contributed by atoms with van der Waals surface area (Å²) in [7, 11) is -3.06. The van der Waals surface area contributed by atoms with E-state index in [1.54, 1.807) is 20.8 Å². The summed E-state index contributed by atoms with van der Waals surface area (Å²) in [6, 6.07) is 0. The number of hydrogen-bond acceptors (Lipinski definition) is 4. The van der Waals surface area contributed by atoms with Gasteiger partial charge in [0.05, 0.1) is 10.5 Å². The number of rotatable bonds is 7. The maximum Gasteiger partial charge on any atom is 0.156 e. The van der Waals surface area contributed by atoms with Crippen LogP contribution in [0.2, 0.25) is 0 Å². The third-order valence-corrected chi connectivity index (χ3v) is 7.23. The van der Waals surface area contributed by atoms with E-state index >= 15 is 0 Å². The SMILES string of the molecule is CCCN(CCS(=O)(=O)C(C)(C)C)C1(CN)CCCC1. The van der Waals surface area contributed by atoms with Gasteiger partial charge in [-0.3, -0.25) is 4.90 Å². The lowest BCUT2D eigenvalue weighted by Gasteiger charge is -2.41. The Morgan fingerprint density at radius 3 is 2.10 bits per heavy atom. The van der Waals surface area contributed by atoms with Crippen molar-refractivity contribution in [2.45, 2.75) is 70.1 Å². The first-order valence-corrected chi connectivity index (χ1v) is 9.51. The molecule has 1 fully saturated rings. The summed E-state index contributed by atoms with van der Waals surface area (Å²) in [6.07, 6.45) is 5.68. The highest BCUT2D eigenvalue weighted by atomic mass is 32.2. The molecule has 1 aliphatic carbocycles. The highest BCUT2D eigenvalue weighted by Crippen LogP contribution is 2.34. The Labute approximate surface area is 125 Å². The van der Waals surface area contributed by atoms with Crippen LogP contribution < -0.4 is 5.73 Å². The van der Waals surface area contributed by atoms with Crippen LogP contribution in [0.4, 0.5) is 0 Å². The summed E-state index contributed by atoms with van der Waals surface area (Å²) in [5, 5.41) is 0. The molecule has 0 atom stereocenters. The molecule has 2 N–H and O–H groups in total. The minimum Gasteiger partial charge on any atom is -0.329 e. The van der Waals surface area contributed by atoms with Gasteiger partial charge in [0.1, 0.15) is 0 Å². The van der Waals surface area contributed by atoms with E-state index in [2.05, 4.69) is 11.8 Å². The molecule has 0 spiro atoms. The van der Waals surface area contributed by atoms with E-state index in [-0.39, 0.29) is 11.3 Å². The van der Waals surface area contributed by atoms with Gasteiger partial charge in [-0.05, 0) is 46.6 Å². The molecule has 0 unspecified atom stereocenters. The second-order valence-corrected chi connectivity index (χ2v) is 9.92. The highest BCUT2D eigenvalue weighted by Gasteiger charge is 2.39. The van der Waals surface area contributed by atoms with Crippen LogP contribution in [0.1, 0.15) is 59.8 Å². The Bertz CT molecular complexity index is 393. The Kier molecular flexibility index (Phi) is 6.05. The third-order valence-electron chi connectivity index (χ3n) is 4.64. The Morgan fingerprint density at radius 1 is 1.15 bits per heavy atom. The number of nitrogens with two attached hydrogens (primary N) is 1. The molecular weight excluding hydrogens is 272 g/mol. The zero-order valence-corrected chi connectivity index (χ0v) is 14.4. The highest BCUT2D eigenvalue weighted by molar-refractivity contribution is 7.92. The maximum atomic E-state index is 12.3. The molecule has 0 aromatic carbocycles. The quantitative estimate of drug-likeness (QED) is 0.783. The Morgan fingerprint density at radius 2 is 1.70 bits per heavy atom. The molecule has 0 bridgehead atoms. The van der Waals surface area contributed by atoms with Gasteiger partial charge in [0, 0.05) is 18.6 Å². The summed E-state index contributed by atoms with van der Waals surface area (Å²) < 4.78 is 24.0. The zero-order chi connectivity index (χ0) is 15.4. The van der Waals surface area contributed by atoms with Crippen molar-refractivity contribution in [1.82, 2.24) is 4.90 Å². The predicted octanol–water partition coefficient (Wildman–Crippen LogP) is 2.18. The maximum absolute atomic E-state index is 12.3. The third kappa shape index (κ3) is 3.95. The first-order valence-electron chi connectivity index (χ1n) is 7.86. The van der Waals surface area contributed by atoms with Crippen molar-refractivity contribution in [1.29, 1.82) is 0 Å². The molecule has 4 nitrogen and oxygen atoms in total. The van der Waals surface area contributed by atoms with Gasteiger partial charge in [-0.2, -0.15) is 0 Å². The molecule has 0 aromatic rings. The van der Waals surface area contributed by atoms with E-state index in [4.69, 9.17) is 5.73 Å². The summed E-state index contributed by atoms with van der Waals surface area (Å²) in [5.74, 6) is 0.234. The fourth-order valence-corrected chi connectivity index (χ4v) is 4.15. The number of nitrogens with zero attached hydrogens (tertiary/aromatic N) is 1. The molecule has 5 heteroatoms. The van der Waals surface area contributed by atoms with Crippen LogP contribution in [0.15, 0.2) is 0 Å². The average molecular weight is 305 g/mol. The monoisotopic (exact) mass is 304 g/mol. The molecule has 0 saturated heterocycles. The second kappa shape index (κ2) is 6.75. The molecule has 0 aromatic heterocycles. The number of hydrogen-bond donors (Lipinski definition) is 1. The van der Waals surface area contributed by atoms with Crippen LogP contribution in [0, 0.1) is 0 Å². The first kappa shape index (κ1) is 17.9. The van der Waals surface area contributed by atoms with Gasteiger partial charge in [0.15, 0.2) is 9.84 Å². The van der Waals surface area contributed by atoms with Gasteiger partial charge < -0.3 is 5.73 Å². The van der Waals surface area contributed by atoms with Crippen molar-refractivity contribution in [3.05, 3.63) is 0 Å². The number of sulfone groups is 1. The van der Waals surface area contributed by atoms with Crippen molar-refractivity contribution in [2.75, 3.05) is 25.4 Å². The predicted molar refractivity (Wildman–Crippen MR) is 85.7 cm³/mol. The van der Waals surface area contributed by atoms with Crippen molar-refractivity contribution in [3.63, 3.8) is 0 Å². The topological polar surface area (TPSA) is 63.4 Å². The standard InChI is InChI=1S/C15H32N2O2S/c1-5-10-17(15(13-16)8-6-7-9-15)11-12-20(18,19)14(2,3)4/h5-13,16H2,1-4H3. The van der Waals surface area contributed by atoms with Crippen LogP contribution in [0.25, 0.3) is 0 Å². The van der Waals surface area contributed by atoms with Crippen LogP contribution in [-0.2, 0) is 9.84 Å². The van der Waals surface area contributed by atoms with E-state index in [9.17, 15) is 8.42 Å². The van der Waals surface area contributed by atoms with Gasteiger partial charge in [-0.15, -0.1) is 0 Å². The molecule has 1 rings (SSSR count). The molecule has 0 amide bonds. The van der Waals surface area contributed by atoms with E-state index in [0.717, 1.165) is 25.8 Å². The molecule has 20 heavy (non-hydrogen) atoms. The summed E-state index contributed by atoms with van der Waals surface area (Å²) in [5.41, 5.74) is 6.08. The zero-order valence-electron chi connectivity index (χ0n) is 13.6. The van der Waals surface area contributed by atoms with Crippen molar-refractivity contribution < 1.29 is 8.42 Å². The molecule has 0 heterocycles. The lowest BCUT2D eigenvalue weighted by atomic mass is 9.95. The van der Waals surface area contributed by atoms with Crippen LogP contribution in [0.3, 0.4) is 0 Å². The normalized spacial score (nSPS) is 19.7. The second-order valence-electron chi connectivity index (χ2n) is 7.05. The van der Waals surface area contributed by atoms with Gasteiger partial charge >= 0.3 is 0 Å². The van der Waals surface area contributed by atoms with E-state index in [1.807, 2.05) is 0 Å². The molecule has 1 saturated carbocycles. The van der Waals surface area contributed by atoms with Crippen LogP contribution in [0.5, 0.6) is 0 Å². The van der Waals surface area contributed by atoms with Gasteiger partial charge in [-0.1, -0.05) is 19.8 Å². The van der Waals surface area contributed by atoms with Crippen LogP contribution >= 0.6 is 0 Å². The Hall–Kier alpha value is -0.130. The minimum atomic E-state index is -3.06. The van der Waals surface area contributed by atoms with Crippen molar-refractivity contribution >= 4 is 9.84 Å². The Balaban J connectivity index is 2.78. The fourth-order valence-electron chi connectivity index (χ4n) is 3.08. The fraction of sp³-hybridized carbons (Fsp3) is 1.00. The molecule has 1 aliphatic rings. The lowest BCUT2D eigenvalue weighted by Crippen LogP contribution is -2.54. The minimum absolute atomic E-state index is 0.0451. The smallest absolute Gasteiger partial charge is 0.156 e. The van der Waals surface area contributed by atoms with Crippen LogP contribution in [-0.4, -0.2) is 49.0 Å². The summed E-state index contributed by atoms with van der Waals surface area (Å²) in [6.45, 7) is 9.68. The average Bonchev–Trinajstić information content (AvgIpc) is 2.83. The van der Waals surface area contributed by atoms with E-state index < -0.39 is 14.6 Å². The lowest BCUT2D eigenvalue weighted by molar-refractivity contribution is 0.106. The van der Waals surface area contributed by atoms with Gasteiger partial charge in [0.25, 0.3) is 0 Å². The largest absolute Gasteiger partial charge is 0.329 e. The molecule has 0 aliphatic heterocycles. The molecule has 120 valence electrons. The van der Waals surface area contributed by atoms with E-state index in [1.165, 1.54) is 12.8 Å².